The first-order chi connectivity index (χ1) is 9.67. The van der Waals surface area contributed by atoms with E-state index in [4.69, 9.17) is 5.73 Å². The van der Waals surface area contributed by atoms with E-state index in [9.17, 15) is 5.26 Å². The Morgan fingerprint density at radius 2 is 1.95 bits per heavy atom. The maximum atomic E-state index is 9.37. The van der Waals surface area contributed by atoms with Crippen LogP contribution in [-0.4, -0.2) is 43.1 Å². The summed E-state index contributed by atoms with van der Waals surface area (Å²) in [5.74, 6) is 0.790. The first-order valence-corrected chi connectivity index (χ1v) is 6.71. The molecule has 0 radical (unpaired) electrons. The Balaban J connectivity index is 2.06. The van der Waals surface area contributed by atoms with Gasteiger partial charge in [0.2, 0.25) is 0 Å². The number of anilines is 2. The van der Waals surface area contributed by atoms with E-state index in [1.807, 2.05) is 24.3 Å². The molecule has 3 rings (SSSR count). The first kappa shape index (κ1) is 12.7. The number of nitrogens with two attached hydrogens (primary N) is 1. The Bertz CT molecular complexity index is 680. The third-order valence-electron chi connectivity index (χ3n) is 3.74. The van der Waals surface area contributed by atoms with Crippen molar-refractivity contribution in [2.45, 2.75) is 0 Å². The molecule has 2 N–H and O–H groups in total. The van der Waals surface area contributed by atoms with E-state index in [2.05, 4.69) is 27.9 Å². The molecule has 0 unspecified atom stereocenters. The molecule has 2 aromatic rings. The average molecular weight is 267 g/mol. The number of hydrogen-bond donors (Lipinski definition) is 1. The predicted molar refractivity (Wildman–Crippen MR) is 80.6 cm³/mol. The molecule has 20 heavy (non-hydrogen) atoms. The molecule has 5 heteroatoms. The minimum atomic E-state index is 0.618. The fourth-order valence-electron chi connectivity index (χ4n) is 2.53. The first-order valence-electron chi connectivity index (χ1n) is 6.71. The molecule has 0 bridgehead atoms. The van der Waals surface area contributed by atoms with Gasteiger partial charge in [0.15, 0.2) is 0 Å². The summed E-state index contributed by atoms with van der Waals surface area (Å²) < 4.78 is 0. The number of fused-ring (bicyclic) bond motifs is 1. The monoisotopic (exact) mass is 267 g/mol. The van der Waals surface area contributed by atoms with Crippen molar-refractivity contribution in [2.24, 2.45) is 0 Å². The minimum Gasteiger partial charge on any atom is -0.399 e. The zero-order valence-electron chi connectivity index (χ0n) is 11.5. The van der Waals surface area contributed by atoms with Gasteiger partial charge >= 0.3 is 0 Å². The van der Waals surface area contributed by atoms with Crippen molar-refractivity contribution in [3.63, 3.8) is 0 Å². The van der Waals surface area contributed by atoms with Crippen LogP contribution in [0, 0.1) is 11.3 Å². The lowest BCUT2D eigenvalue weighted by atomic mass is 10.1. The van der Waals surface area contributed by atoms with Gasteiger partial charge in [-0.15, -0.1) is 0 Å². The van der Waals surface area contributed by atoms with E-state index >= 15 is 0 Å². The molecule has 0 saturated carbocycles. The molecule has 0 atom stereocenters. The number of nitriles is 1. The molecule has 1 aromatic heterocycles. The second-order valence-corrected chi connectivity index (χ2v) is 5.21. The minimum absolute atomic E-state index is 0.618. The number of aromatic nitrogens is 1. The number of benzene rings is 1. The molecule has 0 spiro atoms. The molecule has 102 valence electrons. The Morgan fingerprint density at radius 1 is 1.20 bits per heavy atom. The molecule has 0 aliphatic carbocycles. The van der Waals surface area contributed by atoms with Crippen LogP contribution in [0.4, 0.5) is 11.5 Å². The van der Waals surface area contributed by atoms with Crippen molar-refractivity contribution in [3.05, 3.63) is 29.8 Å². The van der Waals surface area contributed by atoms with Crippen LogP contribution < -0.4 is 10.6 Å². The van der Waals surface area contributed by atoms with Crippen molar-refractivity contribution < 1.29 is 0 Å². The summed E-state index contributed by atoms with van der Waals surface area (Å²) in [4.78, 5) is 9.14. The fourth-order valence-corrected chi connectivity index (χ4v) is 2.53. The fraction of sp³-hybridized carbons (Fsp3) is 0.333. The van der Waals surface area contributed by atoms with E-state index in [0.29, 0.717) is 11.3 Å². The smallest absolute Gasteiger partial charge is 0.147 e. The van der Waals surface area contributed by atoms with Gasteiger partial charge in [0.05, 0.1) is 11.1 Å². The molecule has 1 saturated heterocycles. The van der Waals surface area contributed by atoms with Crippen molar-refractivity contribution in [3.8, 4) is 6.07 Å². The van der Waals surface area contributed by atoms with Crippen LogP contribution in [0.2, 0.25) is 0 Å². The van der Waals surface area contributed by atoms with E-state index in [1.54, 1.807) is 0 Å². The van der Waals surface area contributed by atoms with Gasteiger partial charge in [0.25, 0.3) is 0 Å². The van der Waals surface area contributed by atoms with Crippen LogP contribution in [0.1, 0.15) is 5.56 Å². The highest BCUT2D eigenvalue weighted by Crippen LogP contribution is 2.25. The summed E-state index contributed by atoms with van der Waals surface area (Å²) in [6.45, 7) is 3.79. The summed E-state index contributed by atoms with van der Waals surface area (Å²) in [5, 5.41) is 10.3. The van der Waals surface area contributed by atoms with Gasteiger partial charge in [-0.1, -0.05) is 0 Å². The summed E-state index contributed by atoms with van der Waals surface area (Å²) in [5.41, 5.74) is 7.98. The summed E-state index contributed by atoms with van der Waals surface area (Å²) in [6.07, 6.45) is 0. The highest BCUT2D eigenvalue weighted by Gasteiger charge is 2.19. The third-order valence-corrected chi connectivity index (χ3v) is 3.74. The largest absolute Gasteiger partial charge is 0.399 e. The van der Waals surface area contributed by atoms with Gasteiger partial charge in [-0.2, -0.15) is 5.26 Å². The number of likely N-dealkylation sites (N-methyl/N-ethyl adjacent to an activating group) is 1. The molecule has 5 nitrogen and oxygen atoms in total. The maximum absolute atomic E-state index is 9.37. The van der Waals surface area contributed by atoms with Crippen molar-refractivity contribution in [2.75, 3.05) is 43.9 Å². The van der Waals surface area contributed by atoms with E-state index < -0.39 is 0 Å². The summed E-state index contributed by atoms with van der Waals surface area (Å²) in [7, 11) is 2.11. The lowest BCUT2D eigenvalue weighted by Crippen LogP contribution is -2.45. The Labute approximate surface area is 118 Å². The molecule has 1 aliphatic rings. The topological polar surface area (TPSA) is 69.2 Å². The molecular weight excluding hydrogens is 250 g/mol. The molecule has 1 aliphatic heterocycles. The molecule has 1 aromatic carbocycles. The SMILES string of the molecule is CN1CCN(c2nc3ccc(N)cc3cc2C#N)CC1. The van der Waals surface area contributed by atoms with Crippen molar-refractivity contribution >= 4 is 22.4 Å². The van der Waals surface area contributed by atoms with E-state index in [-0.39, 0.29) is 0 Å². The second kappa shape index (κ2) is 4.99. The number of hydrogen-bond acceptors (Lipinski definition) is 5. The molecule has 0 amide bonds. The van der Waals surface area contributed by atoms with Crippen LogP contribution in [0.5, 0.6) is 0 Å². The van der Waals surface area contributed by atoms with Crippen LogP contribution >= 0.6 is 0 Å². The van der Waals surface area contributed by atoms with Gasteiger partial charge in [-0.25, -0.2) is 4.98 Å². The number of nitrogens with zero attached hydrogens (tertiary/aromatic N) is 4. The maximum Gasteiger partial charge on any atom is 0.147 e. The van der Waals surface area contributed by atoms with Crippen LogP contribution in [0.25, 0.3) is 10.9 Å². The standard InChI is InChI=1S/C15H17N5/c1-19-4-6-20(7-5-19)15-12(10-16)8-11-9-13(17)2-3-14(11)18-15/h2-3,8-9H,4-7,17H2,1H3. The highest BCUT2D eigenvalue weighted by atomic mass is 15.3. The third kappa shape index (κ3) is 2.26. The summed E-state index contributed by atoms with van der Waals surface area (Å²) >= 11 is 0. The van der Waals surface area contributed by atoms with Gasteiger partial charge in [-0.3, -0.25) is 0 Å². The molecule has 1 fully saturated rings. The zero-order chi connectivity index (χ0) is 14.1. The number of rotatable bonds is 1. The van der Waals surface area contributed by atoms with E-state index in [1.165, 1.54) is 0 Å². The van der Waals surface area contributed by atoms with Crippen LogP contribution in [0.15, 0.2) is 24.3 Å². The molecular formula is C15H17N5. The molecule has 2 heterocycles. The quantitative estimate of drug-likeness (QED) is 0.792. The lowest BCUT2D eigenvalue weighted by Gasteiger charge is -2.33. The van der Waals surface area contributed by atoms with Crippen LogP contribution in [0.3, 0.4) is 0 Å². The van der Waals surface area contributed by atoms with Gasteiger partial charge in [-0.05, 0) is 31.3 Å². The van der Waals surface area contributed by atoms with E-state index in [0.717, 1.165) is 42.9 Å². The van der Waals surface area contributed by atoms with Crippen molar-refractivity contribution in [1.29, 1.82) is 5.26 Å². The number of pyridine rings is 1. The second-order valence-electron chi connectivity index (χ2n) is 5.21. The summed E-state index contributed by atoms with van der Waals surface area (Å²) in [6, 6.07) is 9.75. The number of piperazine rings is 1. The predicted octanol–water partition coefficient (Wildman–Crippen LogP) is 1.44. The number of nitrogen functional groups attached to an aromatic ring is 1. The van der Waals surface area contributed by atoms with Gasteiger partial charge < -0.3 is 15.5 Å². The van der Waals surface area contributed by atoms with Crippen molar-refractivity contribution in [1.82, 2.24) is 9.88 Å². The Morgan fingerprint density at radius 3 is 2.65 bits per heavy atom. The Kier molecular flexibility index (Phi) is 3.17. The Hall–Kier alpha value is -2.32. The van der Waals surface area contributed by atoms with Gasteiger partial charge in [0, 0.05) is 37.3 Å². The van der Waals surface area contributed by atoms with Crippen LogP contribution in [-0.2, 0) is 0 Å². The van der Waals surface area contributed by atoms with Gasteiger partial charge in [0.1, 0.15) is 11.9 Å². The average Bonchev–Trinajstić information content (AvgIpc) is 2.46. The normalized spacial score (nSPS) is 16.3. The highest BCUT2D eigenvalue weighted by molar-refractivity contribution is 5.85. The lowest BCUT2D eigenvalue weighted by molar-refractivity contribution is 0.312. The zero-order valence-corrected chi connectivity index (χ0v) is 11.5.